The van der Waals surface area contributed by atoms with Crippen LogP contribution in [0.5, 0.6) is 0 Å². The first-order valence-electron chi connectivity index (χ1n) is 14.9. The quantitative estimate of drug-likeness (QED) is 0.404. The van der Waals surface area contributed by atoms with E-state index in [0.29, 0.717) is 23.1 Å². The molecule has 42 heavy (non-hydrogen) atoms. The third-order valence-electron chi connectivity index (χ3n) is 9.23. The molecule has 3 aliphatic heterocycles. The lowest BCUT2D eigenvalue weighted by atomic mass is 9.72. The first kappa shape index (κ1) is 28.3. The van der Waals surface area contributed by atoms with Gasteiger partial charge in [0.2, 0.25) is 11.8 Å². The van der Waals surface area contributed by atoms with Crippen molar-refractivity contribution in [2.75, 3.05) is 38.5 Å². The number of nitrogen functional groups attached to an aromatic ring is 1. The van der Waals surface area contributed by atoms with Gasteiger partial charge in [0.1, 0.15) is 6.04 Å². The Labute approximate surface area is 246 Å². The average Bonchev–Trinajstić information content (AvgIpc) is 3.20. The summed E-state index contributed by atoms with van der Waals surface area (Å²) in [5, 5.41) is 2.24. The van der Waals surface area contributed by atoms with Gasteiger partial charge in [0, 0.05) is 51.4 Å². The topological polar surface area (TPSA) is 116 Å². The van der Waals surface area contributed by atoms with Crippen LogP contribution in [0, 0.1) is 5.41 Å². The molecule has 220 valence electrons. The van der Waals surface area contributed by atoms with Crippen LogP contribution in [0.25, 0.3) is 5.57 Å². The van der Waals surface area contributed by atoms with Gasteiger partial charge in [-0.05, 0) is 72.1 Å². The van der Waals surface area contributed by atoms with Crippen molar-refractivity contribution in [3.05, 3.63) is 70.3 Å². The highest BCUT2D eigenvalue weighted by Gasteiger charge is 2.44. The number of nitrogens with one attached hydrogen (secondary N) is 1. The molecule has 6 rings (SSSR count). The summed E-state index contributed by atoms with van der Waals surface area (Å²) in [6, 6.07) is 12.7. The minimum absolute atomic E-state index is 0.110. The van der Waals surface area contributed by atoms with Crippen LogP contribution in [-0.2, 0) is 16.1 Å². The Balaban J connectivity index is 1.09. The highest BCUT2D eigenvalue weighted by atomic mass is 16.2. The molecule has 9 nitrogen and oxygen atoms in total. The molecule has 2 aromatic carbocycles. The lowest BCUT2D eigenvalue weighted by Crippen LogP contribution is -2.54. The maximum atomic E-state index is 13.2. The van der Waals surface area contributed by atoms with Gasteiger partial charge in [-0.3, -0.25) is 39.2 Å². The second-order valence-electron chi connectivity index (χ2n) is 12.9. The lowest BCUT2D eigenvalue weighted by molar-refractivity contribution is -0.136. The molecule has 0 aromatic heterocycles. The Hall–Kier alpha value is -3.82. The molecule has 2 aromatic rings. The van der Waals surface area contributed by atoms with Crippen LogP contribution in [-0.4, -0.2) is 77.1 Å². The van der Waals surface area contributed by atoms with Gasteiger partial charge in [0.15, 0.2) is 0 Å². The molecular weight excluding hydrogens is 530 g/mol. The summed E-state index contributed by atoms with van der Waals surface area (Å²) in [5.74, 6) is -1.90. The number of carbonyl (C=O) groups is 4. The van der Waals surface area contributed by atoms with Gasteiger partial charge in [-0.15, -0.1) is 0 Å². The highest BCUT2D eigenvalue weighted by molar-refractivity contribution is 6.23. The van der Waals surface area contributed by atoms with Gasteiger partial charge in [0.05, 0.1) is 11.1 Å². The van der Waals surface area contributed by atoms with Crippen molar-refractivity contribution in [1.82, 2.24) is 20.0 Å². The number of anilines is 1. The van der Waals surface area contributed by atoms with E-state index in [1.54, 1.807) is 12.1 Å². The SMILES string of the molecule is CC1(C)CCC(CN2CCN(Cc3ccc4c(c3)C(=O)N(C3CCC(=O)NC3=O)C4=O)CC2)=C(c2ccc(N)cc2)C1. The number of nitrogens with two attached hydrogens (primary N) is 1. The molecule has 2 saturated heterocycles. The van der Waals surface area contributed by atoms with Crippen molar-refractivity contribution in [3.8, 4) is 0 Å². The van der Waals surface area contributed by atoms with Gasteiger partial charge in [-0.2, -0.15) is 0 Å². The van der Waals surface area contributed by atoms with Crippen molar-refractivity contribution in [2.45, 2.75) is 58.5 Å². The highest BCUT2D eigenvalue weighted by Crippen LogP contribution is 2.43. The molecule has 1 aliphatic carbocycles. The van der Waals surface area contributed by atoms with Crippen LogP contribution in [0.4, 0.5) is 5.69 Å². The zero-order valence-electron chi connectivity index (χ0n) is 24.4. The minimum Gasteiger partial charge on any atom is -0.399 e. The normalized spacial score (nSPS) is 23.4. The Morgan fingerprint density at radius 1 is 0.857 bits per heavy atom. The number of piperidine rings is 1. The predicted octanol–water partition coefficient (Wildman–Crippen LogP) is 3.45. The smallest absolute Gasteiger partial charge is 0.262 e. The number of amides is 4. The van der Waals surface area contributed by atoms with E-state index in [0.717, 1.165) is 61.7 Å². The molecular formula is C33H39N5O4. The summed E-state index contributed by atoms with van der Waals surface area (Å²) in [6.07, 6.45) is 3.65. The summed E-state index contributed by atoms with van der Waals surface area (Å²) in [4.78, 5) is 56.1. The maximum Gasteiger partial charge on any atom is 0.262 e. The second-order valence-corrected chi connectivity index (χ2v) is 12.9. The average molecular weight is 570 g/mol. The first-order valence-corrected chi connectivity index (χ1v) is 14.9. The molecule has 0 radical (unpaired) electrons. The third-order valence-corrected chi connectivity index (χ3v) is 9.23. The van der Waals surface area contributed by atoms with E-state index >= 15 is 0 Å². The molecule has 1 atom stereocenters. The van der Waals surface area contributed by atoms with Crippen molar-refractivity contribution < 1.29 is 19.2 Å². The van der Waals surface area contributed by atoms with E-state index in [4.69, 9.17) is 5.73 Å². The second kappa shape index (κ2) is 11.1. The molecule has 4 amide bonds. The minimum atomic E-state index is -0.947. The van der Waals surface area contributed by atoms with E-state index in [1.165, 1.54) is 23.1 Å². The Bertz CT molecular complexity index is 1470. The molecule has 4 aliphatic rings. The van der Waals surface area contributed by atoms with E-state index in [-0.39, 0.29) is 18.7 Å². The zero-order valence-corrected chi connectivity index (χ0v) is 24.4. The van der Waals surface area contributed by atoms with Gasteiger partial charge in [-0.1, -0.05) is 37.6 Å². The van der Waals surface area contributed by atoms with E-state index in [1.807, 2.05) is 18.2 Å². The largest absolute Gasteiger partial charge is 0.399 e. The molecule has 1 unspecified atom stereocenters. The van der Waals surface area contributed by atoms with E-state index < -0.39 is 23.8 Å². The third kappa shape index (κ3) is 5.63. The fraction of sp³-hybridized carbons (Fsp3) is 0.455. The van der Waals surface area contributed by atoms with Gasteiger partial charge in [0.25, 0.3) is 11.8 Å². The van der Waals surface area contributed by atoms with Crippen molar-refractivity contribution in [1.29, 1.82) is 0 Å². The molecule has 3 N–H and O–H groups in total. The number of imide groups is 2. The number of hydrogen-bond acceptors (Lipinski definition) is 7. The van der Waals surface area contributed by atoms with Gasteiger partial charge in [-0.25, -0.2) is 0 Å². The molecule has 0 bridgehead atoms. The van der Waals surface area contributed by atoms with Crippen LogP contribution in [0.1, 0.15) is 77.8 Å². The van der Waals surface area contributed by atoms with Crippen molar-refractivity contribution in [2.24, 2.45) is 5.41 Å². The number of carbonyl (C=O) groups excluding carboxylic acids is 4. The molecule has 0 saturated carbocycles. The summed E-state index contributed by atoms with van der Waals surface area (Å²) in [6.45, 7) is 10.2. The predicted molar refractivity (Wildman–Crippen MR) is 160 cm³/mol. The summed E-state index contributed by atoms with van der Waals surface area (Å²) in [7, 11) is 0. The summed E-state index contributed by atoms with van der Waals surface area (Å²) in [5.41, 5.74) is 13.0. The van der Waals surface area contributed by atoms with Gasteiger partial charge >= 0.3 is 0 Å². The van der Waals surface area contributed by atoms with E-state index in [2.05, 4.69) is 41.1 Å². The number of hydrogen-bond donors (Lipinski definition) is 2. The number of rotatable bonds is 6. The fourth-order valence-corrected chi connectivity index (χ4v) is 6.75. The zero-order chi connectivity index (χ0) is 29.6. The first-order chi connectivity index (χ1) is 20.1. The molecule has 9 heteroatoms. The Morgan fingerprint density at radius 2 is 1.52 bits per heavy atom. The number of fused-ring (bicyclic) bond motifs is 1. The monoisotopic (exact) mass is 569 g/mol. The maximum absolute atomic E-state index is 13.2. The van der Waals surface area contributed by atoms with Gasteiger partial charge < -0.3 is 5.73 Å². The van der Waals surface area contributed by atoms with Crippen LogP contribution in [0.15, 0.2) is 48.0 Å². The van der Waals surface area contributed by atoms with Crippen LogP contribution in [0.2, 0.25) is 0 Å². The number of piperazine rings is 1. The van der Waals surface area contributed by atoms with E-state index in [9.17, 15) is 19.2 Å². The Kier molecular flexibility index (Phi) is 7.49. The Morgan fingerprint density at radius 3 is 2.21 bits per heavy atom. The molecule has 0 spiro atoms. The summed E-state index contributed by atoms with van der Waals surface area (Å²) < 4.78 is 0. The van der Waals surface area contributed by atoms with Crippen LogP contribution >= 0.6 is 0 Å². The lowest BCUT2D eigenvalue weighted by Gasteiger charge is -2.38. The molecule has 2 fully saturated rings. The fourth-order valence-electron chi connectivity index (χ4n) is 6.75. The number of benzene rings is 2. The number of nitrogens with zero attached hydrogens (tertiary/aromatic N) is 3. The standard InChI is InChI=1S/C33H39N5O4/c1-33(2)12-11-23(27(18-33)22-4-6-24(34)7-5-22)20-37-15-13-36(14-16-37)19-21-3-8-25-26(17-21)32(42)38(31(25)41)28-9-10-29(39)35-30(28)40/h3-8,17,28H,9-16,18-20,34H2,1-2H3,(H,35,39,40). The summed E-state index contributed by atoms with van der Waals surface area (Å²) >= 11 is 0. The van der Waals surface area contributed by atoms with Crippen molar-refractivity contribution in [3.63, 3.8) is 0 Å². The number of allylic oxidation sites excluding steroid dienone is 1. The van der Waals surface area contributed by atoms with Crippen molar-refractivity contribution >= 4 is 34.9 Å². The molecule has 3 heterocycles. The van der Waals surface area contributed by atoms with Crippen LogP contribution in [0.3, 0.4) is 0 Å². The van der Waals surface area contributed by atoms with Crippen LogP contribution < -0.4 is 11.1 Å².